The number of nitrogens with two attached hydrogens (primary N) is 1. The minimum absolute atomic E-state index is 0.0200. The maximum absolute atomic E-state index is 13.4. The third kappa shape index (κ3) is 2.44. The van der Waals surface area contributed by atoms with Gasteiger partial charge in [-0.15, -0.1) is 0 Å². The minimum atomic E-state index is -0.617. The molecule has 92 valence electrons. The Kier molecular flexibility index (Phi) is 3.38. The Morgan fingerprint density at radius 3 is 2.53 bits per heavy atom. The number of halogens is 2. The van der Waals surface area contributed by atoms with Crippen LogP contribution in [0.3, 0.4) is 0 Å². The highest BCUT2D eigenvalue weighted by atomic mass is 19.1. The number of likely N-dealkylation sites (tertiary alicyclic amines) is 1. The highest BCUT2D eigenvalue weighted by Crippen LogP contribution is 2.21. The van der Waals surface area contributed by atoms with Crippen LogP contribution < -0.4 is 5.73 Å². The van der Waals surface area contributed by atoms with Gasteiger partial charge in [0.1, 0.15) is 11.6 Å². The number of benzene rings is 1. The van der Waals surface area contributed by atoms with Crippen LogP contribution in [0.25, 0.3) is 0 Å². The van der Waals surface area contributed by atoms with Crippen molar-refractivity contribution in [3.05, 3.63) is 35.4 Å². The molecule has 1 aliphatic rings. The lowest BCUT2D eigenvalue weighted by molar-refractivity contribution is -0.128. The SMILES string of the molecule is NC[C@H]1CC(=O)N(Cc2c(F)cccc2F)C1. The molecule has 3 nitrogen and oxygen atoms in total. The summed E-state index contributed by atoms with van der Waals surface area (Å²) in [7, 11) is 0. The van der Waals surface area contributed by atoms with Gasteiger partial charge in [0, 0.05) is 18.5 Å². The highest BCUT2D eigenvalue weighted by molar-refractivity contribution is 5.78. The van der Waals surface area contributed by atoms with Gasteiger partial charge >= 0.3 is 0 Å². The van der Waals surface area contributed by atoms with E-state index in [2.05, 4.69) is 0 Å². The lowest BCUT2D eigenvalue weighted by atomic mass is 10.1. The summed E-state index contributed by atoms with van der Waals surface area (Å²) in [5.74, 6) is -1.23. The van der Waals surface area contributed by atoms with Gasteiger partial charge in [-0.1, -0.05) is 6.07 Å². The quantitative estimate of drug-likeness (QED) is 0.864. The summed E-state index contributed by atoms with van der Waals surface area (Å²) in [6.07, 6.45) is 0.368. The number of carbonyl (C=O) groups excluding carboxylic acids is 1. The van der Waals surface area contributed by atoms with Gasteiger partial charge in [0.2, 0.25) is 5.91 Å². The van der Waals surface area contributed by atoms with E-state index in [1.165, 1.54) is 23.1 Å². The molecule has 0 saturated carbocycles. The highest BCUT2D eigenvalue weighted by Gasteiger charge is 2.29. The van der Waals surface area contributed by atoms with Crippen LogP contribution in [0.5, 0.6) is 0 Å². The molecule has 1 fully saturated rings. The molecule has 17 heavy (non-hydrogen) atoms. The predicted molar refractivity (Wildman–Crippen MR) is 58.9 cm³/mol. The van der Waals surface area contributed by atoms with Crippen molar-refractivity contribution in [2.45, 2.75) is 13.0 Å². The Hall–Kier alpha value is -1.49. The van der Waals surface area contributed by atoms with E-state index in [1.807, 2.05) is 0 Å². The molecule has 0 aliphatic carbocycles. The van der Waals surface area contributed by atoms with Crippen molar-refractivity contribution in [3.63, 3.8) is 0 Å². The molecule has 1 aromatic carbocycles. The number of carbonyl (C=O) groups is 1. The fraction of sp³-hybridized carbons (Fsp3) is 0.417. The molecule has 2 N–H and O–H groups in total. The lowest BCUT2D eigenvalue weighted by Gasteiger charge is -2.17. The zero-order valence-electron chi connectivity index (χ0n) is 9.33. The third-order valence-electron chi connectivity index (χ3n) is 3.04. The average molecular weight is 240 g/mol. The van der Waals surface area contributed by atoms with Crippen LogP contribution >= 0.6 is 0 Å². The lowest BCUT2D eigenvalue weighted by Crippen LogP contribution is -2.26. The van der Waals surface area contributed by atoms with E-state index < -0.39 is 11.6 Å². The summed E-state index contributed by atoms with van der Waals surface area (Å²) >= 11 is 0. The summed E-state index contributed by atoms with van der Waals surface area (Å²) in [6, 6.07) is 3.70. The van der Waals surface area contributed by atoms with Gasteiger partial charge < -0.3 is 10.6 Å². The Morgan fingerprint density at radius 1 is 1.35 bits per heavy atom. The molecule has 1 heterocycles. The zero-order chi connectivity index (χ0) is 12.4. The topological polar surface area (TPSA) is 46.3 Å². The van der Waals surface area contributed by atoms with Crippen molar-refractivity contribution in [1.82, 2.24) is 4.90 Å². The summed E-state index contributed by atoms with van der Waals surface area (Å²) in [5, 5.41) is 0. The number of hydrogen-bond donors (Lipinski definition) is 1. The molecule has 0 aromatic heterocycles. The maximum Gasteiger partial charge on any atom is 0.223 e. The minimum Gasteiger partial charge on any atom is -0.338 e. The standard InChI is InChI=1S/C12H14F2N2O/c13-10-2-1-3-11(14)9(10)7-16-6-8(5-15)4-12(16)17/h1-3,8H,4-7,15H2/t8-/m1/s1. The van der Waals surface area contributed by atoms with Crippen LogP contribution in [0.15, 0.2) is 18.2 Å². The molecule has 2 rings (SSSR count). The molecule has 0 unspecified atom stereocenters. The molecule has 1 aromatic rings. The van der Waals surface area contributed by atoms with Crippen LogP contribution in [0.1, 0.15) is 12.0 Å². The van der Waals surface area contributed by atoms with Crippen LogP contribution in [0.4, 0.5) is 8.78 Å². The molecular formula is C12H14F2N2O. The maximum atomic E-state index is 13.4. The molecule has 1 saturated heterocycles. The van der Waals surface area contributed by atoms with Crippen molar-refractivity contribution < 1.29 is 13.6 Å². The average Bonchev–Trinajstić information content (AvgIpc) is 2.65. The van der Waals surface area contributed by atoms with Crippen molar-refractivity contribution in [3.8, 4) is 0 Å². The van der Waals surface area contributed by atoms with E-state index in [4.69, 9.17) is 5.73 Å². The molecule has 0 bridgehead atoms. The number of hydrogen-bond acceptors (Lipinski definition) is 2. The van der Waals surface area contributed by atoms with E-state index in [9.17, 15) is 13.6 Å². The smallest absolute Gasteiger partial charge is 0.223 e. The van der Waals surface area contributed by atoms with Crippen molar-refractivity contribution in [1.29, 1.82) is 0 Å². The fourth-order valence-corrected chi connectivity index (χ4v) is 2.04. The monoisotopic (exact) mass is 240 g/mol. The first kappa shape index (κ1) is 12.0. The molecule has 0 radical (unpaired) electrons. The van der Waals surface area contributed by atoms with Gasteiger partial charge in [0.25, 0.3) is 0 Å². The van der Waals surface area contributed by atoms with Gasteiger partial charge in [-0.25, -0.2) is 8.78 Å². The summed E-state index contributed by atoms with van der Waals surface area (Å²) in [5.41, 5.74) is 5.43. The second-order valence-corrected chi connectivity index (χ2v) is 4.28. The Bertz CT molecular complexity index is 416. The largest absolute Gasteiger partial charge is 0.338 e. The van der Waals surface area contributed by atoms with Crippen molar-refractivity contribution in [2.24, 2.45) is 11.7 Å². The normalized spacial score (nSPS) is 20.1. The second kappa shape index (κ2) is 4.79. The fourth-order valence-electron chi connectivity index (χ4n) is 2.04. The van der Waals surface area contributed by atoms with Gasteiger partial charge in [-0.3, -0.25) is 4.79 Å². The Morgan fingerprint density at radius 2 is 2.00 bits per heavy atom. The van der Waals surface area contributed by atoms with E-state index in [-0.39, 0.29) is 23.9 Å². The number of amides is 1. The van der Waals surface area contributed by atoms with E-state index in [1.54, 1.807) is 0 Å². The molecule has 0 spiro atoms. The third-order valence-corrected chi connectivity index (χ3v) is 3.04. The van der Waals surface area contributed by atoms with Crippen LogP contribution in [-0.2, 0) is 11.3 Å². The molecule has 1 atom stereocenters. The first-order chi connectivity index (χ1) is 8.11. The van der Waals surface area contributed by atoms with Crippen LogP contribution in [0.2, 0.25) is 0 Å². The van der Waals surface area contributed by atoms with Gasteiger partial charge in [0.05, 0.1) is 6.54 Å². The van der Waals surface area contributed by atoms with Crippen LogP contribution in [-0.4, -0.2) is 23.9 Å². The first-order valence-corrected chi connectivity index (χ1v) is 5.52. The summed E-state index contributed by atoms with van der Waals surface area (Å²) < 4.78 is 26.8. The van der Waals surface area contributed by atoms with E-state index in [0.29, 0.717) is 19.5 Å². The van der Waals surface area contributed by atoms with E-state index in [0.717, 1.165) is 0 Å². The second-order valence-electron chi connectivity index (χ2n) is 4.28. The van der Waals surface area contributed by atoms with E-state index >= 15 is 0 Å². The first-order valence-electron chi connectivity index (χ1n) is 5.52. The van der Waals surface area contributed by atoms with Crippen LogP contribution in [0, 0.1) is 17.6 Å². The van der Waals surface area contributed by atoms with Gasteiger partial charge in [0.15, 0.2) is 0 Å². The molecular weight excluding hydrogens is 226 g/mol. The number of rotatable bonds is 3. The zero-order valence-corrected chi connectivity index (χ0v) is 9.33. The predicted octanol–water partition coefficient (Wildman–Crippen LogP) is 1.27. The van der Waals surface area contributed by atoms with Gasteiger partial charge in [-0.05, 0) is 24.6 Å². The number of nitrogens with zero attached hydrogens (tertiary/aromatic N) is 1. The van der Waals surface area contributed by atoms with Crippen molar-refractivity contribution >= 4 is 5.91 Å². The summed E-state index contributed by atoms with van der Waals surface area (Å²) in [6.45, 7) is 0.874. The molecule has 1 amide bonds. The molecule has 1 aliphatic heterocycles. The Balaban J connectivity index is 2.14. The Labute approximate surface area is 98.2 Å². The van der Waals surface area contributed by atoms with Crippen molar-refractivity contribution in [2.75, 3.05) is 13.1 Å². The summed E-state index contributed by atoms with van der Waals surface area (Å²) in [4.78, 5) is 13.1. The van der Waals surface area contributed by atoms with Gasteiger partial charge in [-0.2, -0.15) is 0 Å². The molecule has 5 heteroatoms.